The Kier molecular flexibility index (Phi) is 2.49. The van der Waals surface area contributed by atoms with E-state index in [1.807, 2.05) is 30.3 Å². The Bertz CT molecular complexity index is 757. The molecule has 1 aromatic heterocycles. The van der Waals surface area contributed by atoms with E-state index in [1.165, 1.54) is 0 Å². The Hall–Kier alpha value is -2.75. The molecule has 0 unspecified atom stereocenters. The summed E-state index contributed by atoms with van der Waals surface area (Å²) in [6, 6.07) is 14.2. The van der Waals surface area contributed by atoms with Crippen LogP contribution in [0.2, 0.25) is 0 Å². The van der Waals surface area contributed by atoms with E-state index in [9.17, 15) is 9.90 Å². The average molecular weight is 253 g/mol. The first-order valence-corrected chi connectivity index (χ1v) is 5.79. The van der Waals surface area contributed by atoms with E-state index >= 15 is 0 Å². The maximum atomic E-state index is 10.9. The third-order valence-corrected chi connectivity index (χ3v) is 3.05. The number of nitrogens with one attached hydrogen (secondary N) is 1. The number of hydrogen-bond donors (Lipinski definition) is 3. The fourth-order valence-corrected chi connectivity index (χ4v) is 2.08. The van der Waals surface area contributed by atoms with Crippen LogP contribution in [0.25, 0.3) is 22.0 Å². The van der Waals surface area contributed by atoms with Gasteiger partial charge in [-0.1, -0.05) is 18.2 Å². The molecule has 0 bridgehead atoms. The second-order valence-corrected chi connectivity index (χ2v) is 4.34. The zero-order chi connectivity index (χ0) is 13.4. The Morgan fingerprint density at radius 1 is 0.947 bits per heavy atom. The van der Waals surface area contributed by atoms with E-state index in [0.717, 1.165) is 22.0 Å². The first kappa shape index (κ1) is 11.3. The highest BCUT2D eigenvalue weighted by Gasteiger charge is 2.08. The number of aromatic amines is 1. The van der Waals surface area contributed by atoms with Crippen LogP contribution in [0.3, 0.4) is 0 Å². The molecule has 4 heteroatoms. The molecule has 3 aromatic rings. The molecule has 0 saturated carbocycles. The Balaban J connectivity index is 2.10. The number of fused-ring (bicyclic) bond motifs is 1. The molecule has 0 atom stereocenters. The van der Waals surface area contributed by atoms with Crippen LogP contribution in [0.15, 0.2) is 48.5 Å². The van der Waals surface area contributed by atoms with Crippen molar-refractivity contribution in [1.29, 1.82) is 0 Å². The lowest BCUT2D eigenvalue weighted by atomic mass is 10.0. The van der Waals surface area contributed by atoms with Gasteiger partial charge in [0, 0.05) is 10.9 Å². The molecule has 3 N–H and O–H groups in total. The molecule has 3 rings (SSSR count). The first-order chi connectivity index (χ1) is 9.13. The van der Waals surface area contributed by atoms with Gasteiger partial charge < -0.3 is 15.2 Å². The van der Waals surface area contributed by atoms with E-state index < -0.39 is 5.97 Å². The third-order valence-electron chi connectivity index (χ3n) is 3.05. The van der Waals surface area contributed by atoms with E-state index in [2.05, 4.69) is 4.98 Å². The van der Waals surface area contributed by atoms with E-state index in [0.29, 0.717) is 0 Å². The van der Waals surface area contributed by atoms with Crippen LogP contribution in [0.1, 0.15) is 10.5 Å². The van der Waals surface area contributed by atoms with Gasteiger partial charge in [0.25, 0.3) is 0 Å². The van der Waals surface area contributed by atoms with Gasteiger partial charge in [0.05, 0.1) is 0 Å². The predicted octanol–water partition coefficient (Wildman–Crippen LogP) is 3.24. The number of carbonyl (C=O) groups is 1. The van der Waals surface area contributed by atoms with E-state index in [-0.39, 0.29) is 11.4 Å². The summed E-state index contributed by atoms with van der Waals surface area (Å²) >= 11 is 0. The van der Waals surface area contributed by atoms with Crippen molar-refractivity contribution in [3.8, 4) is 16.9 Å². The Labute approximate surface area is 108 Å². The summed E-state index contributed by atoms with van der Waals surface area (Å²) in [5, 5.41) is 19.1. The molecule has 0 radical (unpaired) electrons. The summed E-state index contributed by atoms with van der Waals surface area (Å²) in [5.74, 6) is -0.748. The van der Waals surface area contributed by atoms with Crippen molar-refractivity contribution in [2.45, 2.75) is 0 Å². The van der Waals surface area contributed by atoms with Crippen molar-refractivity contribution in [3.05, 3.63) is 54.2 Å². The number of H-pyrrole nitrogens is 1. The number of carboxylic acid groups (broad SMARTS) is 1. The summed E-state index contributed by atoms with van der Waals surface area (Å²) in [5.41, 5.74) is 2.92. The first-order valence-electron chi connectivity index (χ1n) is 5.79. The van der Waals surface area contributed by atoms with Crippen molar-refractivity contribution < 1.29 is 15.0 Å². The van der Waals surface area contributed by atoms with Gasteiger partial charge in [-0.3, -0.25) is 0 Å². The highest BCUT2D eigenvalue weighted by atomic mass is 16.4. The quantitative estimate of drug-likeness (QED) is 0.656. The van der Waals surface area contributed by atoms with Gasteiger partial charge in [-0.05, 0) is 41.5 Å². The van der Waals surface area contributed by atoms with Crippen molar-refractivity contribution in [2.24, 2.45) is 0 Å². The molecule has 1 heterocycles. The zero-order valence-electron chi connectivity index (χ0n) is 9.92. The normalized spacial score (nSPS) is 10.7. The van der Waals surface area contributed by atoms with Crippen molar-refractivity contribution in [3.63, 3.8) is 0 Å². The molecule has 0 fully saturated rings. The monoisotopic (exact) mass is 253 g/mol. The minimum atomic E-state index is -0.970. The Morgan fingerprint density at radius 3 is 2.32 bits per heavy atom. The van der Waals surface area contributed by atoms with Crippen molar-refractivity contribution >= 4 is 16.9 Å². The maximum Gasteiger partial charge on any atom is 0.352 e. The molecule has 4 nitrogen and oxygen atoms in total. The van der Waals surface area contributed by atoms with Gasteiger partial charge in [0.15, 0.2) is 0 Å². The second kappa shape index (κ2) is 4.17. The molecular weight excluding hydrogens is 242 g/mol. The lowest BCUT2D eigenvalue weighted by molar-refractivity contribution is 0.0691. The molecule has 0 amide bonds. The summed E-state index contributed by atoms with van der Waals surface area (Å²) < 4.78 is 0. The van der Waals surface area contributed by atoms with Crippen LogP contribution in [0.5, 0.6) is 5.75 Å². The van der Waals surface area contributed by atoms with Crippen molar-refractivity contribution in [1.82, 2.24) is 4.98 Å². The van der Waals surface area contributed by atoms with Crippen LogP contribution < -0.4 is 0 Å². The summed E-state index contributed by atoms with van der Waals surface area (Å²) in [6.45, 7) is 0. The molecule has 94 valence electrons. The van der Waals surface area contributed by atoms with Gasteiger partial charge in [-0.25, -0.2) is 4.79 Å². The number of phenolic OH excluding ortho intramolecular Hbond substituents is 1. The van der Waals surface area contributed by atoms with Gasteiger partial charge >= 0.3 is 5.97 Å². The zero-order valence-corrected chi connectivity index (χ0v) is 9.92. The lowest BCUT2D eigenvalue weighted by Crippen LogP contribution is -1.94. The van der Waals surface area contributed by atoms with Crippen LogP contribution >= 0.6 is 0 Å². The molecule has 0 aliphatic rings. The minimum absolute atomic E-state index is 0.179. The summed E-state index contributed by atoms with van der Waals surface area (Å²) in [7, 11) is 0. The minimum Gasteiger partial charge on any atom is -0.508 e. The summed E-state index contributed by atoms with van der Waals surface area (Å²) in [4.78, 5) is 13.7. The molecule has 0 aliphatic heterocycles. The number of phenols is 1. The van der Waals surface area contributed by atoms with Gasteiger partial charge in [0.2, 0.25) is 0 Å². The topological polar surface area (TPSA) is 73.3 Å². The van der Waals surface area contributed by atoms with Crippen LogP contribution in [0.4, 0.5) is 0 Å². The highest BCUT2D eigenvalue weighted by Crippen LogP contribution is 2.26. The second-order valence-electron chi connectivity index (χ2n) is 4.34. The molecule has 2 aromatic carbocycles. The van der Waals surface area contributed by atoms with Crippen LogP contribution in [-0.4, -0.2) is 21.2 Å². The van der Waals surface area contributed by atoms with E-state index in [4.69, 9.17) is 5.11 Å². The van der Waals surface area contributed by atoms with Crippen molar-refractivity contribution in [2.75, 3.05) is 0 Å². The highest BCUT2D eigenvalue weighted by molar-refractivity contribution is 5.95. The SMILES string of the molecule is O=C(O)c1cc2cc(-c3ccc(O)cc3)ccc2[nH]1. The number of benzene rings is 2. The molecule has 19 heavy (non-hydrogen) atoms. The lowest BCUT2D eigenvalue weighted by Gasteiger charge is -2.02. The molecule has 0 saturated heterocycles. The number of carboxylic acids is 1. The van der Waals surface area contributed by atoms with Gasteiger partial charge in [-0.2, -0.15) is 0 Å². The summed E-state index contributed by atoms with van der Waals surface area (Å²) in [6.07, 6.45) is 0. The Morgan fingerprint density at radius 2 is 1.63 bits per heavy atom. The number of rotatable bonds is 2. The van der Waals surface area contributed by atoms with Gasteiger partial charge in [-0.15, -0.1) is 0 Å². The smallest absolute Gasteiger partial charge is 0.352 e. The maximum absolute atomic E-state index is 10.9. The number of hydrogen-bond acceptors (Lipinski definition) is 2. The molecule has 0 aliphatic carbocycles. The largest absolute Gasteiger partial charge is 0.508 e. The predicted molar refractivity (Wildman–Crippen MR) is 72.4 cm³/mol. The number of aromatic carboxylic acids is 1. The average Bonchev–Trinajstić information content (AvgIpc) is 2.82. The fourth-order valence-electron chi connectivity index (χ4n) is 2.08. The fraction of sp³-hybridized carbons (Fsp3) is 0. The molecule has 0 spiro atoms. The standard InChI is InChI=1S/C15H11NO3/c17-12-4-1-9(2-5-12)10-3-6-13-11(7-10)8-14(16-13)15(18)19/h1-8,16-17H,(H,18,19). The van der Waals surface area contributed by atoms with Crippen LogP contribution in [0, 0.1) is 0 Å². The van der Waals surface area contributed by atoms with E-state index in [1.54, 1.807) is 18.2 Å². The number of aromatic hydroxyl groups is 1. The van der Waals surface area contributed by atoms with Crippen LogP contribution in [-0.2, 0) is 0 Å². The number of aromatic nitrogens is 1. The third kappa shape index (κ3) is 2.04. The molecular formula is C15H11NO3. The van der Waals surface area contributed by atoms with Gasteiger partial charge in [0.1, 0.15) is 11.4 Å².